The molecular formula is C11H16BrNO2S. The highest BCUT2D eigenvalue weighted by Gasteiger charge is 2.06. The summed E-state index contributed by atoms with van der Waals surface area (Å²) >= 11 is 3.42. The van der Waals surface area contributed by atoms with Crippen molar-refractivity contribution in [3.63, 3.8) is 0 Å². The normalized spacial score (nSPS) is 11.4. The maximum atomic E-state index is 11.2. The molecule has 0 aliphatic carbocycles. The Hall–Kier alpha value is -0.550. The lowest BCUT2D eigenvalue weighted by molar-refractivity contribution is 0.595. The van der Waals surface area contributed by atoms with Crippen molar-refractivity contribution < 1.29 is 8.42 Å². The summed E-state index contributed by atoms with van der Waals surface area (Å²) in [4.78, 5) is 0. The quantitative estimate of drug-likeness (QED) is 0.822. The molecule has 1 aromatic rings. The van der Waals surface area contributed by atoms with Gasteiger partial charge in [-0.05, 0) is 34.5 Å². The van der Waals surface area contributed by atoms with Gasteiger partial charge >= 0.3 is 0 Å². The van der Waals surface area contributed by atoms with Crippen LogP contribution in [0.15, 0.2) is 28.7 Å². The first-order valence-corrected chi connectivity index (χ1v) is 7.85. The highest BCUT2D eigenvalue weighted by atomic mass is 79.9. The van der Waals surface area contributed by atoms with E-state index >= 15 is 0 Å². The molecule has 0 heterocycles. The molecule has 3 nitrogen and oxygen atoms in total. The number of benzene rings is 1. The molecule has 0 spiro atoms. The van der Waals surface area contributed by atoms with E-state index in [1.54, 1.807) is 6.92 Å². The average molecular weight is 306 g/mol. The van der Waals surface area contributed by atoms with Crippen molar-refractivity contribution in [3.05, 3.63) is 28.7 Å². The monoisotopic (exact) mass is 305 g/mol. The fraction of sp³-hybridized carbons (Fsp3) is 0.455. The van der Waals surface area contributed by atoms with Gasteiger partial charge in [0.25, 0.3) is 0 Å². The Labute approximate surface area is 105 Å². The molecule has 0 aromatic heterocycles. The van der Waals surface area contributed by atoms with Gasteiger partial charge in [-0.1, -0.05) is 19.1 Å². The van der Waals surface area contributed by atoms with Gasteiger partial charge in [0.2, 0.25) is 0 Å². The van der Waals surface area contributed by atoms with Crippen LogP contribution in [0, 0.1) is 0 Å². The molecule has 5 heteroatoms. The molecule has 1 N–H and O–H groups in total. The Balaban J connectivity index is 2.35. The van der Waals surface area contributed by atoms with Crippen LogP contribution in [0.3, 0.4) is 0 Å². The van der Waals surface area contributed by atoms with E-state index in [4.69, 9.17) is 0 Å². The summed E-state index contributed by atoms with van der Waals surface area (Å²) in [7, 11) is -2.84. The van der Waals surface area contributed by atoms with Gasteiger partial charge in [0, 0.05) is 22.5 Å². The second kappa shape index (κ2) is 6.25. The van der Waals surface area contributed by atoms with Crippen LogP contribution in [0.2, 0.25) is 0 Å². The van der Waals surface area contributed by atoms with Crippen LogP contribution in [0.5, 0.6) is 0 Å². The molecule has 0 atom stereocenters. The summed E-state index contributed by atoms with van der Waals surface area (Å²) < 4.78 is 23.5. The van der Waals surface area contributed by atoms with Crippen LogP contribution in [0.1, 0.15) is 13.3 Å². The minimum atomic E-state index is -2.84. The van der Waals surface area contributed by atoms with Crippen LogP contribution >= 0.6 is 15.9 Å². The molecule has 0 fully saturated rings. The minimum absolute atomic E-state index is 0.224. The minimum Gasteiger partial charge on any atom is -0.384 e. The molecule has 0 aliphatic rings. The van der Waals surface area contributed by atoms with Gasteiger partial charge in [-0.2, -0.15) is 0 Å². The first-order valence-electron chi connectivity index (χ1n) is 5.24. The maximum Gasteiger partial charge on any atom is 0.150 e. The highest BCUT2D eigenvalue weighted by Crippen LogP contribution is 2.20. The maximum absolute atomic E-state index is 11.2. The Morgan fingerprint density at radius 3 is 2.62 bits per heavy atom. The van der Waals surface area contributed by atoms with Gasteiger partial charge in [-0.25, -0.2) is 8.42 Å². The van der Waals surface area contributed by atoms with Gasteiger partial charge in [0.1, 0.15) is 9.84 Å². The Morgan fingerprint density at radius 2 is 2.00 bits per heavy atom. The predicted molar refractivity (Wildman–Crippen MR) is 71.6 cm³/mol. The van der Waals surface area contributed by atoms with E-state index in [9.17, 15) is 8.42 Å². The molecule has 16 heavy (non-hydrogen) atoms. The van der Waals surface area contributed by atoms with Crippen molar-refractivity contribution in [2.45, 2.75) is 13.3 Å². The van der Waals surface area contributed by atoms with Gasteiger partial charge in [0.15, 0.2) is 0 Å². The van der Waals surface area contributed by atoms with E-state index in [1.165, 1.54) is 0 Å². The zero-order valence-electron chi connectivity index (χ0n) is 9.24. The molecule has 0 aliphatic heterocycles. The zero-order valence-corrected chi connectivity index (χ0v) is 11.6. The lowest BCUT2D eigenvalue weighted by atomic mass is 10.3. The Bertz CT molecular complexity index is 431. The van der Waals surface area contributed by atoms with Crippen molar-refractivity contribution >= 4 is 31.5 Å². The van der Waals surface area contributed by atoms with Crippen molar-refractivity contribution in [2.24, 2.45) is 0 Å². The first kappa shape index (κ1) is 13.5. The highest BCUT2D eigenvalue weighted by molar-refractivity contribution is 9.10. The van der Waals surface area contributed by atoms with E-state index in [2.05, 4.69) is 21.2 Å². The molecule has 1 aromatic carbocycles. The summed E-state index contributed by atoms with van der Waals surface area (Å²) in [6.07, 6.45) is 0.636. The number of nitrogens with one attached hydrogen (secondary N) is 1. The average Bonchev–Trinajstić information content (AvgIpc) is 2.27. The standard InChI is InChI=1S/C11H16BrNO2S/c1-2-16(14,15)9-5-8-13-11-7-4-3-6-10(11)12/h3-4,6-7,13H,2,5,8-9H2,1H3. The third kappa shape index (κ3) is 4.53. The van der Waals surface area contributed by atoms with Gasteiger partial charge in [0.05, 0.1) is 5.75 Å². The Kier molecular flexibility index (Phi) is 5.28. The summed E-state index contributed by atoms with van der Waals surface area (Å²) in [6, 6.07) is 7.79. The lowest BCUT2D eigenvalue weighted by Crippen LogP contribution is -2.13. The number of sulfone groups is 1. The number of anilines is 1. The van der Waals surface area contributed by atoms with Crippen LogP contribution in [-0.2, 0) is 9.84 Å². The second-order valence-electron chi connectivity index (χ2n) is 3.50. The van der Waals surface area contributed by atoms with Crippen LogP contribution in [0.4, 0.5) is 5.69 Å². The molecule has 90 valence electrons. The van der Waals surface area contributed by atoms with E-state index in [1.807, 2.05) is 24.3 Å². The molecule has 0 saturated carbocycles. The van der Waals surface area contributed by atoms with Crippen molar-refractivity contribution in [1.29, 1.82) is 0 Å². The largest absolute Gasteiger partial charge is 0.384 e. The third-order valence-electron chi connectivity index (χ3n) is 2.26. The topological polar surface area (TPSA) is 46.2 Å². The van der Waals surface area contributed by atoms with Crippen molar-refractivity contribution in [2.75, 3.05) is 23.4 Å². The fourth-order valence-corrected chi connectivity index (χ4v) is 2.56. The van der Waals surface area contributed by atoms with E-state index in [-0.39, 0.29) is 11.5 Å². The summed E-state index contributed by atoms with van der Waals surface area (Å²) in [6.45, 7) is 2.35. The third-order valence-corrected chi connectivity index (χ3v) is 4.74. The number of para-hydroxylation sites is 1. The fourth-order valence-electron chi connectivity index (χ4n) is 1.26. The predicted octanol–water partition coefficient (Wildman–Crippen LogP) is 2.69. The van der Waals surface area contributed by atoms with Gasteiger partial charge in [-0.3, -0.25) is 0 Å². The SMILES string of the molecule is CCS(=O)(=O)CCCNc1ccccc1Br. The molecule has 1 rings (SSSR count). The van der Waals surface area contributed by atoms with Gasteiger partial charge in [-0.15, -0.1) is 0 Å². The Morgan fingerprint density at radius 1 is 1.31 bits per heavy atom. The molecular weight excluding hydrogens is 290 g/mol. The molecule has 0 radical (unpaired) electrons. The number of hydrogen-bond donors (Lipinski definition) is 1. The van der Waals surface area contributed by atoms with E-state index in [0.717, 1.165) is 10.2 Å². The molecule has 0 amide bonds. The van der Waals surface area contributed by atoms with Crippen LogP contribution < -0.4 is 5.32 Å². The second-order valence-corrected chi connectivity index (χ2v) is 6.82. The van der Waals surface area contributed by atoms with E-state index in [0.29, 0.717) is 13.0 Å². The van der Waals surface area contributed by atoms with Crippen molar-refractivity contribution in [3.8, 4) is 0 Å². The summed E-state index contributed by atoms with van der Waals surface area (Å²) in [5, 5.41) is 3.20. The van der Waals surface area contributed by atoms with Crippen LogP contribution in [-0.4, -0.2) is 26.5 Å². The molecule has 0 saturated heterocycles. The summed E-state index contributed by atoms with van der Waals surface area (Å²) in [5.74, 6) is 0.475. The molecule has 0 bridgehead atoms. The van der Waals surface area contributed by atoms with E-state index < -0.39 is 9.84 Å². The smallest absolute Gasteiger partial charge is 0.150 e. The number of halogens is 1. The summed E-state index contributed by atoms with van der Waals surface area (Å²) in [5.41, 5.74) is 0.997. The first-order chi connectivity index (χ1) is 7.55. The lowest BCUT2D eigenvalue weighted by Gasteiger charge is -2.07. The van der Waals surface area contributed by atoms with Gasteiger partial charge < -0.3 is 5.32 Å². The van der Waals surface area contributed by atoms with Crippen LogP contribution in [0.25, 0.3) is 0 Å². The number of hydrogen-bond acceptors (Lipinski definition) is 3. The number of rotatable bonds is 6. The van der Waals surface area contributed by atoms with Crippen molar-refractivity contribution in [1.82, 2.24) is 0 Å². The molecule has 0 unspecified atom stereocenters. The zero-order chi connectivity index (χ0) is 12.0.